The summed E-state index contributed by atoms with van der Waals surface area (Å²) < 4.78 is 40.6. The van der Waals surface area contributed by atoms with E-state index in [-0.39, 0.29) is 33.1 Å². The van der Waals surface area contributed by atoms with Gasteiger partial charge < -0.3 is 5.32 Å². The highest BCUT2D eigenvalue weighted by Gasteiger charge is 2.22. The molecule has 0 heterocycles. The summed E-state index contributed by atoms with van der Waals surface area (Å²) in [6.45, 7) is 0. The number of rotatable bonds is 5. The number of hydrogen-bond donors (Lipinski definition) is 2. The average molecular weight is 411 g/mol. The third kappa shape index (κ3) is 4.99. The third-order valence-electron chi connectivity index (χ3n) is 4.52. The van der Waals surface area contributed by atoms with Gasteiger partial charge in [-0.2, -0.15) is 0 Å². The van der Waals surface area contributed by atoms with E-state index >= 15 is 0 Å². The van der Waals surface area contributed by atoms with Crippen LogP contribution in [0.2, 0.25) is 5.02 Å². The summed E-state index contributed by atoms with van der Waals surface area (Å²) in [6, 6.07) is 9.15. The average Bonchev–Trinajstić information content (AvgIpc) is 2.64. The number of hydrogen-bond acceptors (Lipinski definition) is 3. The Balaban J connectivity index is 1.81. The summed E-state index contributed by atoms with van der Waals surface area (Å²) in [5.41, 5.74) is 0.425. The molecule has 1 fully saturated rings. The minimum Gasteiger partial charge on any atom is -0.349 e. The molecule has 0 bridgehead atoms. The molecule has 0 aliphatic heterocycles. The van der Waals surface area contributed by atoms with Crippen molar-refractivity contribution in [1.29, 1.82) is 0 Å². The van der Waals surface area contributed by atoms with E-state index in [4.69, 9.17) is 11.6 Å². The first kappa shape index (κ1) is 19.6. The highest BCUT2D eigenvalue weighted by molar-refractivity contribution is 7.92. The second kappa shape index (κ2) is 8.27. The fourth-order valence-corrected chi connectivity index (χ4v) is 4.68. The molecule has 1 aliphatic rings. The van der Waals surface area contributed by atoms with Gasteiger partial charge in [-0.3, -0.25) is 9.52 Å². The number of sulfonamides is 1. The molecule has 0 atom stereocenters. The summed E-state index contributed by atoms with van der Waals surface area (Å²) in [4.78, 5) is 12.3. The maximum atomic E-state index is 13.0. The zero-order chi connectivity index (χ0) is 19.4. The molecular weight excluding hydrogens is 391 g/mol. The number of nitrogens with one attached hydrogen (secondary N) is 2. The minimum absolute atomic E-state index is 0.00109. The van der Waals surface area contributed by atoms with Gasteiger partial charge in [0.25, 0.3) is 15.9 Å². The molecular formula is C19H20ClFN2O3S. The van der Waals surface area contributed by atoms with Gasteiger partial charge in [0.05, 0.1) is 5.02 Å². The Morgan fingerprint density at radius 1 is 1.04 bits per heavy atom. The van der Waals surface area contributed by atoms with E-state index in [1.807, 2.05) is 0 Å². The number of amides is 1. The largest absolute Gasteiger partial charge is 0.349 e. The lowest BCUT2D eigenvalue weighted by Gasteiger charge is -2.22. The molecule has 5 nitrogen and oxygen atoms in total. The van der Waals surface area contributed by atoms with E-state index < -0.39 is 15.8 Å². The molecule has 1 aliphatic carbocycles. The van der Waals surface area contributed by atoms with E-state index in [9.17, 15) is 17.6 Å². The topological polar surface area (TPSA) is 75.3 Å². The standard InChI is InChI=1S/C19H20ClFN2O3S/c20-17-11-6-13(19(24)22-15-4-2-1-3-5-15)12-18(17)27(25,26)23-16-9-7-14(21)8-10-16/h6-12,15,23H,1-5H2,(H,22,24). The van der Waals surface area contributed by atoms with Gasteiger partial charge in [-0.1, -0.05) is 30.9 Å². The van der Waals surface area contributed by atoms with Gasteiger partial charge in [0.2, 0.25) is 0 Å². The quantitative estimate of drug-likeness (QED) is 0.769. The van der Waals surface area contributed by atoms with Crippen LogP contribution in [-0.4, -0.2) is 20.4 Å². The summed E-state index contributed by atoms with van der Waals surface area (Å²) in [7, 11) is -4.03. The molecule has 144 valence electrons. The minimum atomic E-state index is -4.03. The van der Waals surface area contributed by atoms with Crippen LogP contribution >= 0.6 is 11.6 Å². The number of carbonyl (C=O) groups excluding carboxylic acids is 1. The Bertz CT molecular complexity index is 926. The van der Waals surface area contributed by atoms with Crippen molar-refractivity contribution in [3.8, 4) is 0 Å². The number of carbonyl (C=O) groups is 1. The molecule has 1 saturated carbocycles. The van der Waals surface area contributed by atoms with E-state index in [0.717, 1.165) is 37.8 Å². The van der Waals surface area contributed by atoms with E-state index in [1.165, 1.54) is 36.8 Å². The summed E-state index contributed by atoms with van der Waals surface area (Å²) >= 11 is 6.06. The molecule has 0 aromatic heterocycles. The molecule has 27 heavy (non-hydrogen) atoms. The lowest BCUT2D eigenvalue weighted by Crippen LogP contribution is -2.36. The van der Waals surface area contributed by atoms with Crippen molar-refractivity contribution >= 4 is 33.2 Å². The molecule has 1 amide bonds. The molecule has 2 aromatic rings. The normalized spacial score (nSPS) is 15.3. The third-order valence-corrected chi connectivity index (χ3v) is 6.38. The van der Waals surface area contributed by atoms with Crippen LogP contribution in [0, 0.1) is 5.82 Å². The Labute approximate surface area is 163 Å². The van der Waals surface area contributed by atoms with Crippen LogP contribution in [0.1, 0.15) is 42.5 Å². The summed E-state index contributed by atoms with van der Waals surface area (Å²) in [5.74, 6) is -0.797. The smallest absolute Gasteiger partial charge is 0.263 e. The van der Waals surface area contributed by atoms with Crippen LogP contribution in [0.15, 0.2) is 47.4 Å². The van der Waals surface area contributed by atoms with Crippen LogP contribution in [0.3, 0.4) is 0 Å². The van der Waals surface area contributed by atoms with Gasteiger partial charge in [-0.25, -0.2) is 12.8 Å². The first-order valence-electron chi connectivity index (χ1n) is 8.74. The molecule has 0 saturated heterocycles. The van der Waals surface area contributed by atoms with Gasteiger partial charge in [0.1, 0.15) is 10.7 Å². The van der Waals surface area contributed by atoms with Crippen LogP contribution in [0.5, 0.6) is 0 Å². The van der Waals surface area contributed by atoms with Gasteiger partial charge in [0, 0.05) is 17.3 Å². The fourth-order valence-electron chi connectivity index (χ4n) is 3.09. The number of anilines is 1. The Hall–Kier alpha value is -2.12. The van der Waals surface area contributed by atoms with Gasteiger partial charge >= 0.3 is 0 Å². The lowest BCUT2D eigenvalue weighted by molar-refractivity contribution is 0.0927. The highest BCUT2D eigenvalue weighted by atomic mass is 35.5. The van der Waals surface area contributed by atoms with Crippen molar-refractivity contribution in [2.75, 3.05) is 4.72 Å². The zero-order valence-corrected chi connectivity index (χ0v) is 16.1. The molecule has 0 unspecified atom stereocenters. The Morgan fingerprint density at radius 3 is 2.37 bits per heavy atom. The predicted molar refractivity (Wildman–Crippen MR) is 103 cm³/mol. The SMILES string of the molecule is O=C(NC1CCCCC1)c1ccc(Cl)c(S(=O)(=O)Nc2ccc(F)cc2)c1. The van der Waals surface area contributed by atoms with Crippen LogP contribution in [0.4, 0.5) is 10.1 Å². The van der Waals surface area contributed by atoms with E-state index in [0.29, 0.717) is 0 Å². The molecule has 0 radical (unpaired) electrons. The van der Waals surface area contributed by atoms with Crippen molar-refractivity contribution in [3.05, 3.63) is 58.9 Å². The van der Waals surface area contributed by atoms with Crippen LogP contribution < -0.4 is 10.0 Å². The van der Waals surface area contributed by atoms with E-state index in [1.54, 1.807) is 0 Å². The van der Waals surface area contributed by atoms with Crippen molar-refractivity contribution in [2.24, 2.45) is 0 Å². The highest BCUT2D eigenvalue weighted by Crippen LogP contribution is 2.26. The predicted octanol–water partition coefficient (Wildman–Crippen LogP) is 4.34. The van der Waals surface area contributed by atoms with E-state index in [2.05, 4.69) is 10.0 Å². The molecule has 8 heteroatoms. The van der Waals surface area contributed by atoms with Crippen molar-refractivity contribution in [3.63, 3.8) is 0 Å². The summed E-state index contributed by atoms with van der Waals surface area (Å²) in [6.07, 6.45) is 5.18. The maximum Gasteiger partial charge on any atom is 0.263 e. The second-order valence-corrected chi connectivity index (χ2v) is 8.62. The lowest BCUT2D eigenvalue weighted by atomic mass is 9.95. The monoisotopic (exact) mass is 410 g/mol. The van der Waals surface area contributed by atoms with Gasteiger partial charge in [0.15, 0.2) is 0 Å². The molecule has 2 aromatic carbocycles. The van der Waals surface area contributed by atoms with Gasteiger partial charge in [-0.05, 0) is 55.3 Å². The van der Waals surface area contributed by atoms with Crippen LogP contribution in [-0.2, 0) is 10.0 Å². The van der Waals surface area contributed by atoms with Gasteiger partial charge in [-0.15, -0.1) is 0 Å². The maximum absolute atomic E-state index is 13.0. The number of benzene rings is 2. The summed E-state index contributed by atoms with van der Waals surface area (Å²) in [5, 5.41) is 2.95. The Morgan fingerprint density at radius 2 is 1.70 bits per heavy atom. The molecule has 2 N–H and O–H groups in total. The first-order chi connectivity index (χ1) is 12.8. The molecule has 3 rings (SSSR count). The molecule has 0 spiro atoms. The van der Waals surface area contributed by atoms with Crippen LogP contribution in [0.25, 0.3) is 0 Å². The fraction of sp³-hybridized carbons (Fsp3) is 0.316. The van der Waals surface area contributed by atoms with Crippen molar-refractivity contribution in [1.82, 2.24) is 5.32 Å². The first-order valence-corrected chi connectivity index (χ1v) is 10.6. The Kier molecular flexibility index (Phi) is 6.01. The zero-order valence-electron chi connectivity index (χ0n) is 14.5. The second-order valence-electron chi connectivity index (χ2n) is 6.57. The number of halogens is 2. The van der Waals surface area contributed by atoms with Crippen molar-refractivity contribution in [2.45, 2.75) is 43.0 Å². The van der Waals surface area contributed by atoms with Crippen molar-refractivity contribution < 1.29 is 17.6 Å².